The summed E-state index contributed by atoms with van der Waals surface area (Å²) in [5.74, 6) is 0.253. The molecule has 1 N–H and O–H groups in total. The molecule has 2 aromatic carbocycles. The van der Waals surface area contributed by atoms with Gasteiger partial charge in [0.2, 0.25) is 0 Å². The summed E-state index contributed by atoms with van der Waals surface area (Å²) in [6.45, 7) is 3.51. The van der Waals surface area contributed by atoms with Crippen LogP contribution in [-0.2, 0) is 6.42 Å². The Morgan fingerprint density at radius 2 is 1.80 bits per heavy atom. The van der Waals surface area contributed by atoms with Gasteiger partial charge in [-0.25, -0.2) is 0 Å². The van der Waals surface area contributed by atoms with Crippen LogP contribution in [-0.4, -0.2) is 5.11 Å². The number of aliphatic hydroxyl groups is 1. The maximum Gasteiger partial charge on any atom is 0.0854 e. The molecule has 15 heavy (non-hydrogen) atoms. The fourth-order valence-corrected chi connectivity index (χ4v) is 1.79. The van der Waals surface area contributed by atoms with Gasteiger partial charge in [-0.3, -0.25) is 0 Å². The van der Waals surface area contributed by atoms with E-state index in [1.807, 2.05) is 12.1 Å². The number of aryl methyl sites for hydroxylation is 1. The van der Waals surface area contributed by atoms with Crippen molar-refractivity contribution in [3.05, 3.63) is 60.4 Å². The molecular weight excluding hydrogens is 184 g/mol. The van der Waals surface area contributed by atoms with E-state index in [2.05, 4.69) is 36.9 Å². The van der Waals surface area contributed by atoms with Crippen molar-refractivity contribution in [2.75, 3.05) is 0 Å². The van der Waals surface area contributed by atoms with Crippen LogP contribution in [0.25, 0.3) is 10.8 Å². The molecule has 0 aliphatic heterocycles. The van der Waals surface area contributed by atoms with E-state index in [0.29, 0.717) is 6.42 Å². The van der Waals surface area contributed by atoms with Crippen molar-refractivity contribution in [2.24, 2.45) is 0 Å². The summed E-state index contributed by atoms with van der Waals surface area (Å²) in [6.07, 6.45) is 1.48. The lowest BCUT2D eigenvalue weighted by Gasteiger charge is -2.05. The lowest BCUT2D eigenvalue weighted by molar-refractivity contribution is 0.391. The third kappa shape index (κ3) is 2.18. The molecule has 1 nitrogen and oxygen atoms in total. The van der Waals surface area contributed by atoms with E-state index < -0.39 is 0 Å². The zero-order valence-electron chi connectivity index (χ0n) is 8.61. The second-order valence-electron chi connectivity index (χ2n) is 3.70. The van der Waals surface area contributed by atoms with Crippen LogP contribution in [0.15, 0.2) is 54.8 Å². The molecule has 2 rings (SSSR count). The topological polar surface area (TPSA) is 20.2 Å². The Morgan fingerprint density at radius 1 is 1.07 bits per heavy atom. The molecule has 76 valence electrons. The summed E-state index contributed by atoms with van der Waals surface area (Å²) in [4.78, 5) is 0. The van der Waals surface area contributed by atoms with Crippen molar-refractivity contribution >= 4 is 10.8 Å². The smallest absolute Gasteiger partial charge is 0.0854 e. The van der Waals surface area contributed by atoms with Crippen LogP contribution in [0, 0.1) is 0 Å². The number of hydrogen-bond acceptors (Lipinski definition) is 1. The van der Waals surface area contributed by atoms with Crippen molar-refractivity contribution in [2.45, 2.75) is 12.8 Å². The van der Waals surface area contributed by atoms with Gasteiger partial charge in [-0.2, -0.15) is 0 Å². The van der Waals surface area contributed by atoms with Gasteiger partial charge in [0.15, 0.2) is 0 Å². The zero-order chi connectivity index (χ0) is 10.7. The van der Waals surface area contributed by atoms with Crippen molar-refractivity contribution in [1.82, 2.24) is 0 Å². The van der Waals surface area contributed by atoms with E-state index in [1.165, 1.54) is 16.3 Å². The highest BCUT2D eigenvalue weighted by atomic mass is 16.3. The average molecular weight is 198 g/mol. The summed E-state index contributed by atoms with van der Waals surface area (Å²) < 4.78 is 0. The van der Waals surface area contributed by atoms with E-state index >= 15 is 0 Å². The van der Waals surface area contributed by atoms with E-state index in [9.17, 15) is 0 Å². The summed E-state index contributed by atoms with van der Waals surface area (Å²) in [5, 5.41) is 11.6. The Balaban J connectivity index is 2.38. The molecule has 0 amide bonds. The van der Waals surface area contributed by atoms with Crippen LogP contribution in [0.2, 0.25) is 0 Å². The standard InChI is InChI=1S/C14H14O/c1-11(15)9-10-13-7-4-6-12-5-2-3-8-14(12)13/h2-8,15H,1,9-10H2. The largest absolute Gasteiger partial charge is 0.513 e. The highest BCUT2D eigenvalue weighted by molar-refractivity contribution is 5.85. The van der Waals surface area contributed by atoms with Crippen molar-refractivity contribution in [3.63, 3.8) is 0 Å². The second-order valence-corrected chi connectivity index (χ2v) is 3.70. The summed E-state index contributed by atoms with van der Waals surface area (Å²) in [6, 6.07) is 14.6. The molecule has 0 saturated carbocycles. The van der Waals surface area contributed by atoms with Crippen molar-refractivity contribution in [3.8, 4) is 0 Å². The van der Waals surface area contributed by atoms with E-state index in [0.717, 1.165) is 6.42 Å². The number of benzene rings is 2. The van der Waals surface area contributed by atoms with Gasteiger partial charge < -0.3 is 5.11 Å². The van der Waals surface area contributed by atoms with Crippen LogP contribution < -0.4 is 0 Å². The molecule has 0 radical (unpaired) electrons. The lowest BCUT2D eigenvalue weighted by Crippen LogP contribution is -1.89. The van der Waals surface area contributed by atoms with Gasteiger partial charge in [0.25, 0.3) is 0 Å². The molecule has 0 atom stereocenters. The second kappa shape index (κ2) is 4.18. The number of aliphatic hydroxyl groups excluding tert-OH is 1. The third-order valence-corrected chi connectivity index (χ3v) is 2.56. The Bertz CT molecular complexity index is 480. The highest BCUT2D eigenvalue weighted by Gasteiger charge is 2.00. The van der Waals surface area contributed by atoms with Crippen molar-refractivity contribution < 1.29 is 5.11 Å². The van der Waals surface area contributed by atoms with Crippen molar-refractivity contribution in [1.29, 1.82) is 0 Å². The molecule has 1 heteroatoms. The van der Waals surface area contributed by atoms with E-state index in [1.54, 1.807) is 0 Å². The van der Waals surface area contributed by atoms with Gasteiger partial charge in [0.05, 0.1) is 5.76 Å². The molecule has 0 aliphatic rings. The minimum Gasteiger partial charge on any atom is -0.513 e. The normalized spacial score (nSPS) is 10.4. The van der Waals surface area contributed by atoms with Crippen LogP contribution >= 0.6 is 0 Å². The monoisotopic (exact) mass is 198 g/mol. The molecular formula is C14H14O. The van der Waals surface area contributed by atoms with Gasteiger partial charge in [0.1, 0.15) is 0 Å². The molecule has 0 unspecified atom stereocenters. The first-order valence-corrected chi connectivity index (χ1v) is 5.11. The van der Waals surface area contributed by atoms with Gasteiger partial charge >= 0.3 is 0 Å². The Labute approximate surface area is 89.7 Å². The fourth-order valence-electron chi connectivity index (χ4n) is 1.79. The first-order valence-electron chi connectivity index (χ1n) is 5.11. The number of hydrogen-bond donors (Lipinski definition) is 1. The van der Waals surface area contributed by atoms with Crippen LogP contribution in [0.5, 0.6) is 0 Å². The average Bonchev–Trinajstić information content (AvgIpc) is 2.26. The first kappa shape index (κ1) is 9.78. The highest BCUT2D eigenvalue weighted by Crippen LogP contribution is 2.20. The van der Waals surface area contributed by atoms with Crippen LogP contribution in [0.1, 0.15) is 12.0 Å². The molecule has 0 aliphatic carbocycles. The summed E-state index contributed by atoms with van der Waals surface area (Å²) in [7, 11) is 0. The molecule has 0 fully saturated rings. The first-order chi connectivity index (χ1) is 7.27. The van der Waals surface area contributed by atoms with E-state index in [4.69, 9.17) is 5.11 Å². The predicted molar refractivity (Wildman–Crippen MR) is 64.0 cm³/mol. The number of rotatable bonds is 3. The predicted octanol–water partition coefficient (Wildman–Crippen LogP) is 3.84. The number of fused-ring (bicyclic) bond motifs is 1. The molecule has 2 aromatic rings. The van der Waals surface area contributed by atoms with Crippen LogP contribution in [0.4, 0.5) is 0 Å². The van der Waals surface area contributed by atoms with Gasteiger partial charge in [-0.15, -0.1) is 0 Å². The van der Waals surface area contributed by atoms with Crippen LogP contribution in [0.3, 0.4) is 0 Å². The maximum absolute atomic E-state index is 9.09. The van der Waals surface area contributed by atoms with Gasteiger partial charge in [-0.1, -0.05) is 49.0 Å². The number of allylic oxidation sites excluding steroid dienone is 1. The van der Waals surface area contributed by atoms with Gasteiger partial charge in [0, 0.05) is 6.42 Å². The lowest BCUT2D eigenvalue weighted by atomic mass is 10.0. The summed E-state index contributed by atoms with van der Waals surface area (Å²) in [5.41, 5.74) is 1.27. The summed E-state index contributed by atoms with van der Waals surface area (Å²) >= 11 is 0. The molecule has 0 heterocycles. The molecule has 0 spiro atoms. The van der Waals surface area contributed by atoms with Gasteiger partial charge in [-0.05, 0) is 22.8 Å². The molecule has 0 bridgehead atoms. The quantitative estimate of drug-likeness (QED) is 0.743. The Hall–Kier alpha value is -1.76. The minimum absolute atomic E-state index is 0.253. The minimum atomic E-state index is 0.253. The zero-order valence-corrected chi connectivity index (χ0v) is 8.61. The Morgan fingerprint density at radius 3 is 2.60 bits per heavy atom. The van der Waals surface area contributed by atoms with E-state index in [-0.39, 0.29) is 5.76 Å². The Kier molecular flexibility index (Phi) is 2.72. The molecule has 0 aromatic heterocycles. The maximum atomic E-state index is 9.09. The fraction of sp³-hybridized carbons (Fsp3) is 0.143. The SMILES string of the molecule is C=C(O)CCc1cccc2ccccc12. The third-order valence-electron chi connectivity index (χ3n) is 2.56. The molecule has 0 saturated heterocycles.